The van der Waals surface area contributed by atoms with Crippen LogP contribution in [0.1, 0.15) is 25.0 Å². The molecule has 2 aromatic rings. The molecule has 3 radical (unpaired) electrons. The van der Waals surface area contributed by atoms with Gasteiger partial charge in [-0.3, -0.25) is 19.3 Å². The highest BCUT2D eigenvalue weighted by Crippen LogP contribution is 2.43. The van der Waals surface area contributed by atoms with Gasteiger partial charge in [0.15, 0.2) is 5.54 Å². The van der Waals surface area contributed by atoms with Gasteiger partial charge in [0, 0.05) is 17.1 Å². The predicted molar refractivity (Wildman–Crippen MR) is 120 cm³/mol. The second-order valence-electron chi connectivity index (χ2n) is 8.77. The lowest BCUT2D eigenvalue weighted by Gasteiger charge is -2.62. The molecular formula is C23H19ClF4N3O3Si. The highest BCUT2D eigenvalue weighted by molar-refractivity contribution is 6.30. The standard InChI is InChI=1S/C23H19ClF4N3O3Si/c1-13(32)29-11-22(12-29)20(34)30(18-8-7-16(24)9-17(18)25)10-19(33)31(22)21(2,35)14-3-5-15(6-4-14)23(26,27)28/h3-9H,10-12H2,1-2H3. The molecule has 1 unspecified atom stereocenters. The molecule has 183 valence electrons. The first kappa shape index (κ1) is 25.2. The molecule has 35 heavy (non-hydrogen) atoms. The van der Waals surface area contributed by atoms with Gasteiger partial charge in [0.2, 0.25) is 11.8 Å². The van der Waals surface area contributed by atoms with E-state index in [4.69, 9.17) is 11.6 Å². The lowest BCUT2D eigenvalue weighted by molar-refractivity contribution is -0.174. The fourth-order valence-corrected chi connectivity index (χ4v) is 5.30. The third-order valence-electron chi connectivity index (χ3n) is 6.39. The zero-order valence-electron chi connectivity index (χ0n) is 18.6. The number of halogens is 5. The quantitative estimate of drug-likeness (QED) is 0.457. The summed E-state index contributed by atoms with van der Waals surface area (Å²) in [4.78, 5) is 42.8. The summed E-state index contributed by atoms with van der Waals surface area (Å²) in [6, 6.07) is 7.89. The number of amides is 3. The van der Waals surface area contributed by atoms with E-state index in [2.05, 4.69) is 10.2 Å². The maximum Gasteiger partial charge on any atom is 0.416 e. The van der Waals surface area contributed by atoms with Gasteiger partial charge in [-0.2, -0.15) is 13.2 Å². The minimum Gasteiger partial charge on any atom is -0.337 e. The van der Waals surface area contributed by atoms with Crippen LogP contribution in [0, 0.1) is 5.82 Å². The summed E-state index contributed by atoms with van der Waals surface area (Å²) in [7, 11) is 3.53. The first-order chi connectivity index (χ1) is 16.2. The number of alkyl halides is 3. The van der Waals surface area contributed by atoms with Crippen LogP contribution >= 0.6 is 11.6 Å². The molecular weight excluding hydrogens is 506 g/mol. The number of hydrogen-bond acceptors (Lipinski definition) is 3. The molecule has 3 amide bonds. The van der Waals surface area contributed by atoms with Crippen LogP contribution in [-0.4, -0.2) is 62.9 Å². The molecule has 12 heteroatoms. The first-order valence-corrected chi connectivity index (χ1v) is 11.3. The lowest BCUT2D eigenvalue weighted by atomic mass is 9.81. The van der Waals surface area contributed by atoms with Crippen molar-refractivity contribution in [3.8, 4) is 0 Å². The molecule has 2 aromatic carbocycles. The molecule has 1 atom stereocenters. The van der Waals surface area contributed by atoms with Crippen molar-refractivity contribution in [2.24, 2.45) is 0 Å². The number of benzene rings is 2. The van der Waals surface area contributed by atoms with E-state index >= 15 is 0 Å². The summed E-state index contributed by atoms with van der Waals surface area (Å²) >= 11 is 5.82. The van der Waals surface area contributed by atoms with E-state index in [9.17, 15) is 31.9 Å². The first-order valence-electron chi connectivity index (χ1n) is 10.5. The van der Waals surface area contributed by atoms with Crippen molar-refractivity contribution in [3.05, 3.63) is 64.4 Å². The van der Waals surface area contributed by atoms with Gasteiger partial charge in [-0.1, -0.05) is 23.7 Å². The Labute approximate surface area is 206 Å². The summed E-state index contributed by atoms with van der Waals surface area (Å²) < 4.78 is 53.8. The molecule has 4 rings (SSSR count). The van der Waals surface area contributed by atoms with Gasteiger partial charge < -0.3 is 9.80 Å². The van der Waals surface area contributed by atoms with Gasteiger partial charge in [0.25, 0.3) is 5.91 Å². The number of carbonyl (C=O) groups is 3. The highest BCUT2D eigenvalue weighted by Gasteiger charge is 2.64. The monoisotopic (exact) mass is 524 g/mol. The zero-order valence-corrected chi connectivity index (χ0v) is 20.4. The summed E-state index contributed by atoms with van der Waals surface area (Å²) in [6.07, 6.45) is -4.54. The van der Waals surface area contributed by atoms with E-state index in [0.29, 0.717) is 0 Å². The Morgan fingerprint density at radius 1 is 1.06 bits per heavy atom. The average Bonchev–Trinajstić information content (AvgIpc) is 2.72. The van der Waals surface area contributed by atoms with Gasteiger partial charge in [-0.15, -0.1) is 0 Å². The topological polar surface area (TPSA) is 60.9 Å². The van der Waals surface area contributed by atoms with Gasteiger partial charge >= 0.3 is 6.18 Å². The van der Waals surface area contributed by atoms with Crippen molar-refractivity contribution < 1.29 is 31.9 Å². The third-order valence-corrected chi connectivity index (χ3v) is 7.13. The molecule has 0 saturated carbocycles. The Kier molecular flexibility index (Phi) is 6.00. The van der Waals surface area contributed by atoms with Crippen LogP contribution in [0.5, 0.6) is 0 Å². The minimum absolute atomic E-state index is 0.111. The Bertz CT molecular complexity index is 1210. The van der Waals surface area contributed by atoms with Crippen LogP contribution in [0.2, 0.25) is 5.02 Å². The van der Waals surface area contributed by atoms with E-state index < -0.39 is 46.6 Å². The average molecular weight is 525 g/mol. The van der Waals surface area contributed by atoms with Gasteiger partial charge in [0.1, 0.15) is 12.4 Å². The predicted octanol–water partition coefficient (Wildman–Crippen LogP) is 3.32. The smallest absolute Gasteiger partial charge is 0.337 e. The largest absolute Gasteiger partial charge is 0.416 e. The fraction of sp³-hybridized carbons (Fsp3) is 0.348. The minimum atomic E-state index is -4.54. The number of anilines is 1. The normalized spacial score (nSPS) is 19.6. The molecule has 2 aliphatic heterocycles. The molecule has 2 fully saturated rings. The van der Waals surface area contributed by atoms with Crippen LogP contribution in [0.3, 0.4) is 0 Å². The number of nitrogens with zero attached hydrogens (tertiary/aromatic N) is 3. The summed E-state index contributed by atoms with van der Waals surface area (Å²) in [5.74, 6) is -2.32. The van der Waals surface area contributed by atoms with Crippen molar-refractivity contribution in [1.29, 1.82) is 0 Å². The zero-order chi connectivity index (χ0) is 25.9. The SMILES string of the molecule is CC(=O)N1CC2(C1)C(=O)N(c1ccc(Cl)cc1F)CC(=O)N2C(C)([Si])c1ccc(C(F)(F)F)cc1. The molecule has 0 N–H and O–H groups in total. The molecule has 1 spiro atoms. The second kappa shape index (κ2) is 8.33. The van der Waals surface area contributed by atoms with Crippen molar-refractivity contribution in [3.63, 3.8) is 0 Å². The summed E-state index contributed by atoms with van der Waals surface area (Å²) in [5.41, 5.74) is -2.28. The number of likely N-dealkylation sites (tertiary alicyclic amines) is 1. The molecule has 6 nitrogen and oxygen atoms in total. The fourth-order valence-electron chi connectivity index (χ4n) is 4.63. The van der Waals surface area contributed by atoms with Crippen molar-refractivity contribution in [1.82, 2.24) is 9.80 Å². The summed E-state index contributed by atoms with van der Waals surface area (Å²) in [5, 5.41) is -1.30. The molecule has 0 aliphatic carbocycles. The highest BCUT2D eigenvalue weighted by atomic mass is 35.5. The van der Waals surface area contributed by atoms with Crippen LogP contribution in [-0.2, 0) is 25.7 Å². The Balaban J connectivity index is 1.77. The van der Waals surface area contributed by atoms with E-state index in [1.165, 1.54) is 47.9 Å². The molecule has 2 aliphatic rings. The number of carbonyl (C=O) groups excluding carboxylic acids is 3. The Morgan fingerprint density at radius 3 is 2.14 bits per heavy atom. The maximum absolute atomic E-state index is 14.7. The van der Waals surface area contributed by atoms with Crippen LogP contribution in [0.25, 0.3) is 0 Å². The van der Waals surface area contributed by atoms with Gasteiger partial charge in [-0.25, -0.2) is 4.39 Å². The van der Waals surface area contributed by atoms with E-state index in [1.54, 1.807) is 0 Å². The molecule has 2 saturated heterocycles. The summed E-state index contributed by atoms with van der Waals surface area (Å²) in [6.45, 7) is 2.03. The van der Waals surface area contributed by atoms with Gasteiger partial charge in [-0.05, 0) is 42.8 Å². The Morgan fingerprint density at radius 2 is 1.63 bits per heavy atom. The van der Waals surface area contributed by atoms with Crippen molar-refractivity contribution in [2.45, 2.75) is 30.7 Å². The number of piperazine rings is 1. The van der Waals surface area contributed by atoms with Gasteiger partial charge in [0.05, 0.1) is 34.6 Å². The van der Waals surface area contributed by atoms with Crippen molar-refractivity contribution >= 4 is 45.3 Å². The third kappa shape index (κ3) is 4.10. The van der Waals surface area contributed by atoms with Crippen LogP contribution < -0.4 is 4.90 Å². The van der Waals surface area contributed by atoms with E-state index in [-0.39, 0.29) is 35.3 Å². The Hall–Kier alpha value is -2.92. The molecule has 0 aromatic heterocycles. The maximum atomic E-state index is 14.7. The lowest BCUT2D eigenvalue weighted by Crippen LogP contribution is -2.84. The number of rotatable bonds is 3. The van der Waals surface area contributed by atoms with E-state index in [1.807, 2.05) is 0 Å². The second-order valence-corrected chi connectivity index (χ2v) is 10.2. The number of hydrogen-bond donors (Lipinski definition) is 0. The van der Waals surface area contributed by atoms with Crippen LogP contribution in [0.4, 0.5) is 23.2 Å². The van der Waals surface area contributed by atoms with Crippen molar-refractivity contribution in [2.75, 3.05) is 24.5 Å². The molecule has 0 bridgehead atoms. The molecule has 2 heterocycles. The van der Waals surface area contributed by atoms with Crippen LogP contribution in [0.15, 0.2) is 42.5 Å². The van der Waals surface area contributed by atoms with E-state index in [0.717, 1.165) is 23.1 Å².